The Morgan fingerprint density at radius 1 is 1.32 bits per heavy atom. The van der Waals surface area contributed by atoms with Gasteiger partial charge in [-0.2, -0.15) is 0 Å². The van der Waals surface area contributed by atoms with E-state index in [9.17, 15) is 23.2 Å². The molecule has 0 bridgehead atoms. The van der Waals surface area contributed by atoms with Crippen molar-refractivity contribution in [1.29, 1.82) is 0 Å². The minimum absolute atomic E-state index is 0.167. The van der Waals surface area contributed by atoms with E-state index in [1.807, 2.05) is 22.5 Å². The Kier molecular flexibility index (Phi) is 4.62. The number of nitrogens with zero attached hydrogens (tertiary/aromatic N) is 3. The van der Waals surface area contributed by atoms with Gasteiger partial charge < -0.3 is 4.98 Å². The largest absolute Gasteiger partial charge is 0.331 e. The Labute approximate surface area is 143 Å². The molecule has 0 amide bonds. The van der Waals surface area contributed by atoms with Crippen molar-refractivity contribution in [2.45, 2.75) is 25.8 Å². The molecule has 25 heavy (non-hydrogen) atoms. The van der Waals surface area contributed by atoms with E-state index in [2.05, 4.69) is 4.98 Å². The van der Waals surface area contributed by atoms with Gasteiger partial charge in [-0.25, -0.2) is 18.6 Å². The number of fused-ring (bicyclic) bond motifs is 1. The average Bonchev–Trinajstić information content (AvgIpc) is 3.09. The number of halogens is 2. The summed E-state index contributed by atoms with van der Waals surface area (Å²) in [4.78, 5) is 43.4. The number of aryl methyl sites for hydroxylation is 2. The van der Waals surface area contributed by atoms with Crippen LogP contribution in [0.1, 0.15) is 23.5 Å². The van der Waals surface area contributed by atoms with Crippen LogP contribution in [0.2, 0.25) is 0 Å². The molecule has 0 unspecified atom stereocenters. The fourth-order valence-electron chi connectivity index (χ4n) is 2.58. The smallest absolute Gasteiger partial charge is 0.304 e. The van der Waals surface area contributed by atoms with E-state index in [0.717, 1.165) is 14.0 Å². The highest BCUT2D eigenvalue weighted by Gasteiger charge is 2.19. The van der Waals surface area contributed by atoms with Gasteiger partial charge in [0.1, 0.15) is 5.52 Å². The Bertz CT molecular complexity index is 1080. The lowest BCUT2D eigenvalue weighted by Gasteiger charge is -2.11. The second kappa shape index (κ2) is 6.71. The summed E-state index contributed by atoms with van der Waals surface area (Å²) in [6, 6.07) is 3.86. The summed E-state index contributed by atoms with van der Waals surface area (Å²) in [6.07, 6.45) is -1.79. The van der Waals surface area contributed by atoms with Gasteiger partial charge in [-0.1, -0.05) is 6.07 Å². The summed E-state index contributed by atoms with van der Waals surface area (Å²) in [6.45, 7) is 0.167. The van der Waals surface area contributed by atoms with Gasteiger partial charge in [-0.05, 0) is 24.3 Å². The van der Waals surface area contributed by atoms with Crippen molar-refractivity contribution in [1.82, 2.24) is 19.1 Å². The van der Waals surface area contributed by atoms with Gasteiger partial charge in [-0.15, -0.1) is 11.3 Å². The third kappa shape index (κ3) is 3.16. The van der Waals surface area contributed by atoms with Gasteiger partial charge in [-0.3, -0.25) is 18.7 Å². The van der Waals surface area contributed by atoms with Crippen LogP contribution in [-0.2, 0) is 20.0 Å². The maximum absolute atomic E-state index is 12.8. The zero-order chi connectivity index (χ0) is 18.1. The molecule has 3 rings (SSSR count). The van der Waals surface area contributed by atoms with Crippen molar-refractivity contribution < 1.29 is 8.78 Å². The molecule has 0 saturated heterocycles. The van der Waals surface area contributed by atoms with Crippen molar-refractivity contribution in [3.05, 3.63) is 59.4 Å². The first kappa shape index (κ1) is 17.2. The quantitative estimate of drug-likeness (QED) is 0.737. The molecular formula is C15H14F2N4O3S. The first-order valence-corrected chi connectivity index (χ1v) is 8.32. The summed E-state index contributed by atoms with van der Waals surface area (Å²) < 4.78 is 27.6. The molecule has 7 nitrogen and oxygen atoms in total. The number of aromatic amines is 1. The predicted octanol–water partition coefficient (Wildman–Crippen LogP) is 1.42. The lowest BCUT2D eigenvalue weighted by atomic mass is 10.2. The molecule has 0 aliphatic carbocycles. The van der Waals surface area contributed by atoms with Gasteiger partial charge >= 0.3 is 5.69 Å². The van der Waals surface area contributed by atoms with E-state index >= 15 is 0 Å². The molecule has 0 aromatic carbocycles. The molecule has 1 N–H and O–H groups in total. The van der Waals surface area contributed by atoms with Crippen LogP contribution in [0, 0.1) is 0 Å². The number of rotatable bonds is 5. The maximum Gasteiger partial charge on any atom is 0.331 e. The SMILES string of the molecule is Cn1c(=O)c2nc(C(F)F)[nH]c(=O)c2n(CCCc2cccs2)c1=O. The molecule has 3 heterocycles. The molecular weight excluding hydrogens is 354 g/mol. The van der Waals surface area contributed by atoms with Crippen LogP contribution >= 0.6 is 11.3 Å². The minimum atomic E-state index is -3.03. The fraction of sp³-hybridized carbons (Fsp3) is 0.333. The summed E-state index contributed by atoms with van der Waals surface area (Å²) in [5.41, 5.74) is -3.18. The molecule has 0 saturated carbocycles. The van der Waals surface area contributed by atoms with Crippen molar-refractivity contribution in [2.24, 2.45) is 7.05 Å². The standard InChI is InChI=1S/C15H14F2N4O3S/c1-20-14(23)9-10(13(22)19-12(18-9)11(16)17)21(15(20)24)6-2-4-8-5-3-7-25-8/h3,5,7,11H,2,4,6H2,1H3,(H,18,19,22). The van der Waals surface area contributed by atoms with Gasteiger partial charge in [0.2, 0.25) is 0 Å². The van der Waals surface area contributed by atoms with Gasteiger partial charge in [0.15, 0.2) is 11.3 Å². The third-order valence-electron chi connectivity index (χ3n) is 3.80. The molecule has 0 atom stereocenters. The Balaban J connectivity index is 2.12. The van der Waals surface area contributed by atoms with Crippen LogP contribution in [0.25, 0.3) is 11.0 Å². The molecule has 3 aromatic heterocycles. The molecule has 132 valence electrons. The first-order chi connectivity index (χ1) is 11.9. The van der Waals surface area contributed by atoms with E-state index < -0.39 is 34.6 Å². The van der Waals surface area contributed by atoms with Crippen molar-refractivity contribution in [3.63, 3.8) is 0 Å². The number of thiophene rings is 1. The molecule has 10 heteroatoms. The van der Waals surface area contributed by atoms with Crippen molar-refractivity contribution >= 4 is 22.4 Å². The van der Waals surface area contributed by atoms with Gasteiger partial charge in [0, 0.05) is 18.5 Å². The second-order valence-electron chi connectivity index (χ2n) is 5.43. The van der Waals surface area contributed by atoms with Crippen LogP contribution < -0.4 is 16.8 Å². The summed E-state index contributed by atoms with van der Waals surface area (Å²) in [5.74, 6) is -0.890. The normalized spacial score (nSPS) is 11.5. The molecule has 0 aliphatic rings. The molecule has 0 radical (unpaired) electrons. The highest BCUT2D eigenvalue weighted by atomic mass is 32.1. The minimum Gasteiger partial charge on any atom is -0.304 e. The van der Waals surface area contributed by atoms with Crippen LogP contribution in [0.5, 0.6) is 0 Å². The average molecular weight is 368 g/mol. The first-order valence-electron chi connectivity index (χ1n) is 7.44. The second-order valence-corrected chi connectivity index (χ2v) is 6.46. The molecule has 0 fully saturated rings. The summed E-state index contributed by atoms with van der Waals surface area (Å²) in [7, 11) is 1.23. The summed E-state index contributed by atoms with van der Waals surface area (Å²) in [5, 5.41) is 1.93. The van der Waals surface area contributed by atoms with Gasteiger partial charge in [0.25, 0.3) is 17.5 Å². The van der Waals surface area contributed by atoms with Crippen molar-refractivity contribution in [2.75, 3.05) is 0 Å². The maximum atomic E-state index is 12.8. The van der Waals surface area contributed by atoms with Crippen LogP contribution in [-0.4, -0.2) is 19.1 Å². The Morgan fingerprint density at radius 3 is 2.72 bits per heavy atom. The molecule has 0 spiro atoms. The number of hydrogen-bond donors (Lipinski definition) is 1. The Hall–Kier alpha value is -2.62. The fourth-order valence-corrected chi connectivity index (χ4v) is 3.33. The third-order valence-corrected chi connectivity index (χ3v) is 4.74. The zero-order valence-corrected chi connectivity index (χ0v) is 14.0. The predicted molar refractivity (Wildman–Crippen MR) is 89.5 cm³/mol. The monoisotopic (exact) mass is 368 g/mol. The van der Waals surface area contributed by atoms with Crippen LogP contribution in [0.3, 0.4) is 0 Å². The highest BCUT2D eigenvalue weighted by Crippen LogP contribution is 2.14. The number of H-pyrrole nitrogens is 1. The number of alkyl halides is 2. The lowest BCUT2D eigenvalue weighted by Crippen LogP contribution is -2.41. The zero-order valence-electron chi connectivity index (χ0n) is 13.2. The lowest BCUT2D eigenvalue weighted by molar-refractivity contribution is 0.140. The number of hydrogen-bond acceptors (Lipinski definition) is 5. The topological polar surface area (TPSA) is 89.8 Å². The highest BCUT2D eigenvalue weighted by molar-refractivity contribution is 7.09. The number of nitrogens with one attached hydrogen (secondary N) is 1. The van der Waals surface area contributed by atoms with E-state index in [1.54, 1.807) is 11.3 Å². The van der Waals surface area contributed by atoms with Crippen molar-refractivity contribution in [3.8, 4) is 0 Å². The molecule has 3 aromatic rings. The van der Waals surface area contributed by atoms with Crippen LogP contribution in [0.15, 0.2) is 31.9 Å². The van der Waals surface area contributed by atoms with Gasteiger partial charge in [0.05, 0.1) is 0 Å². The number of aromatic nitrogens is 4. The van der Waals surface area contributed by atoms with Crippen LogP contribution in [0.4, 0.5) is 8.78 Å². The molecule has 0 aliphatic heterocycles. The summed E-state index contributed by atoms with van der Waals surface area (Å²) >= 11 is 1.57. The Morgan fingerprint density at radius 2 is 2.08 bits per heavy atom. The van der Waals surface area contributed by atoms with E-state index in [-0.39, 0.29) is 12.1 Å². The van der Waals surface area contributed by atoms with E-state index in [1.165, 1.54) is 7.05 Å². The van der Waals surface area contributed by atoms with E-state index in [0.29, 0.717) is 12.8 Å². The van der Waals surface area contributed by atoms with E-state index in [4.69, 9.17) is 0 Å².